The molecular formula is C27H38BrFIN5O3. The van der Waals surface area contributed by atoms with E-state index in [9.17, 15) is 4.79 Å². The summed E-state index contributed by atoms with van der Waals surface area (Å²) >= 11 is 5.50. The van der Waals surface area contributed by atoms with Crippen LogP contribution in [0, 0.1) is 14.8 Å². The highest BCUT2D eigenvalue weighted by molar-refractivity contribution is 14.1. The monoisotopic (exact) mass is 705 g/mol. The van der Waals surface area contributed by atoms with E-state index in [2.05, 4.69) is 60.4 Å². The summed E-state index contributed by atoms with van der Waals surface area (Å²) in [6.07, 6.45) is 3.83. The summed E-state index contributed by atoms with van der Waals surface area (Å²) in [5.74, 6) is 0.316. The number of fused-ring (bicyclic) bond motifs is 1. The second-order valence-electron chi connectivity index (χ2n) is 11.6. The lowest BCUT2D eigenvalue weighted by molar-refractivity contribution is -0.0434. The lowest BCUT2D eigenvalue weighted by Gasteiger charge is -2.53. The Bertz CT molecular complexity index is 1190. The Labute approximate surface area is 246 Å². The van der Waals surface area contributed by atoms with Crippen molar-refractivity contribution in [1.82, 2.24) is 19.8 Å². The normalized spacial score (nSPS) is 21.4. The Kier molecular flexibility index (Phi) is 8.69. The van der Waals surface area contributed by atoms with E-state index in [4.69, 9.17) is 14.5 Å². The fraction of sp³-hybridized carbons (Fsp3) is 0.667. The van der Waals surface area contributed by atoms with Gasteiger partial charge in [0.05, 0.1) is 4.47 Å². The van der Waals surface area contributed by atoms with E-state index in [-0.39, 0.29) is 30.5 Å². The van der Waals surface area contributed by atoms with Crippen LogP contribution in [0.1, 0.15) is 53.9 Å². The maximum atomic E-state index is 15.3. The molecule has 8 nitrogen and oxygen atoms in total. The van der Waals surface area contributed by atoms with Crippen LogP contribution in [0.5, 0.6) is 6.01 Å². The molecule has 0 unspecified atom stereocenters. The van der Waals surface area contributed by atoms with Crippen molar-refractivity contribution < 1.29 is 18.7 Å². The Morgan fingerprint density at radius 2 is 1.92 bits per heavy atom. The zero-order valence-corrected chi connectivity index (χ0v) is 25.6. The fourth-order valence-corrected chi connectivity index (χ4v) is 6.38. The number of rotatable bonds is 4. The number of hydrogen-bond acceptors (Lipinski definition) is 7. The van der Waals surface area contributed by atoms with E-state index in [1.54, 1.807) is 4.90 Å². The van der Waals surface area contributed by atoms with Crippen LogP contribution >= 0.6 is 38.5 Å². The van der Waals surface area contributed by atoms with Crippen LogP contribution in [-0.4, -0.2) is 83.9 Å². The highest BCUT2D eigenvalue weighted by Gasteiger charge is 2.48. The van der Waals surface area contributed by atoms with Crippen molar-refractivity contribution in [1.29, 1.82) is 0 Å². The van der Waals surface area contributed by atoms with Gasteiger partial charge < -0.3 is 24.2 Å². The second-order valence-corrected chi connectivity index (χ2v) is 13.6. The summed E-state index contributed by atoms with van der Waals surface area (Å²) in [6, 6.07) is 2.47. The van der Waals surface area contributed by atoms with Crippen LogP contribution in [0.3, 0.4) is 0 Å². The molecule has 4 heterocycles. The van der Waals surface area contributed by atoms with Gasteiger partial charge in [-0.25, -0.2) is 9.18 Å². The predicted octanol–water partition coefficient (Wildman–Crippen LogP) is 6.08. The van der Waals surface area contributed by atoms with Crippen molar-refractivity contribution in [2.24, 2.45) is 5.41 Å². The lowest BCUT2D eigenvalue weighted by atomic mass is 9.72. The zero-order valence-electron chi connectivity index (χ0n) is 21.8. The molecule has 1 amide bonds. The van der Waals surface area contributed by atoms with Crippen LogP contribution < -0.4 is 9.64 Å². The van der Waals surface area contributed by atoms with Gasteiger partial charge in [0.25, 0.3) is 0 Å². The molecule has 38 heavy (non-hydrogen) atoms. The number of piperidine rings is 1. The molecule has 3 saturated heterocycles. The molecule has 3 aliphatic heterocycles. The molecule has 1 spiro atoms. The van der Waals surface area contributed by atoms with Gasteiger partial charge in [0.2, 0.25) is 0 Å². The highest BCUT2D eigenvalue weighted by Crippen LogP contribution is 2.43. The number of carbonyl (C=O) groups excluding carboxylic acids is 1. The summed E-state index contributed by atoms with van der Waals surface area (Å²) in [6.45, 7) is 10.2. The molecule has 2 aromatic rings. The molecule has 1 aromatic carbocycles. The van der Waals surface area contributed by atoms with Crippen LogP contribution in [0.2, 0.25) is 0 Å². The van der Waals surface area contributed by atoms with Gasteiger partial charge in [-0.15, -0.1) is 0 Å². The van der Waals surface area contributed by atoms with Gasteiger partial charge in [0.15, 0.2) is 5.82 Å². The first-order chi connectivity index (χ1) is 17.4. The highest BCUT2D eigenvalue weighted by atomic mass is 127. The van der Waals surface area contributed by atoms with Crippen molar-refractivity contribution in [2.75, 3.05) is 51.3 Å². The molecule has 210 valence electrons. The maximum absolute atomic E-state index is 15.3. The van der Waals surface area contributed by atoms with E-state index >= 15 is 4.39 Å². The van der Waals surface area contributed by atoms with E-state index in [1.807, 2.05) is 26.8 Å². The average molecular weight is 706 g/mol. The number of likely N-dealkylation sites (N-methyl/N-ethyl adjacent to an activating group) is 1. The van der Waals surface area contributed by atoms with Gasteiger partial charge in [-0.2, -0.15) is 9.97 Å². The summed E-state index contributed by atoms with van der Waals surface area (Å²) in [5.41, 5.74) is -0.121. The minimum atomic E-state index is -0.494. The third-order valence-electron chi connectivity index (χ3n) is 7.69. The number of benzene rings is 1. The molecule has 3 aliphatic rings. The maximum Gasteiger partial charge on any atom is 0.410 e. The summed E-state index contributed by atoms with van der Waals surface area (Å²) in [4.78, 5) is 28.0. The Morgan fingerprint density at radius 1 is 1.24 bits per heavy atom. The third kappa shape index (κ3) is 5.99. The van der Waals surface area contributed by atoms with Crippen molar-refractivity contribution >= 4 is 61.3 Å². The van der Waals surface area contributed by atoms with Gasteiger partial charge in [-0.3, -0.25) is 0 Å². The number of amides is 1. The number of carbonyl (C=O) groups is 1. The largest absolute Gasteiger partial charge is 0.462 e. The molecule has 0 radical (unpaired) electrons. The van der Waals surface area contributed by atoms with Gasteiger partial charge in [-0.05, 0) is 105 Å². The second kappa shape index (κ2) is 11.2. The van der Waals surface area contributed by atoms with Gasteiger partial charge in [0.1, 0.15) is 23.5 Å². The third-order valence-corrected chi connectivity index (χ3v) is 10.1. The number of nitrogens with zero attached hydrogens (tertiary/aromatic N) is 5. The van der Waals surface area contributed by atoms with Crippen LogP contribution in [0.4, 0.5) is 15.0 Å². The van der Waals surface area contributed by atoms with Crippen molar-refractivity contribution in [3.8, 4) is 6.01 Å². The van der Waals surface area contributed by atoms with E-state index in [0.717, 1.165) is 48.9 Å². The first-order valence-electron chi connectivity index (χ1n) is 12.9. The van der Waals surface area contributed by atoms with E-state index in [0.29, 0.717) is 41.4 Å². The zero-order chi connectivity index (χ0) is 26.5. The minimum absolute atomic E-state index is 0. The summed E-state index contributed by atoms with van der Waals surface area (Å²) in [7, 11) is 2.10. The quantitative estimate of drug-likeness (QED) is 0.282. The Balaban J connectivity index is 0.00000336. The molecule has 0 N–H and O–H groups in total. The van der Waals surface area contributed by atoms with Gasteiger partial charge >= 0.3 is 12.1 Å². The molecule has 3 fully saturated rings. The first-order valence-corrected chi connectivity index (χ1v) is 14.7. The van der Waals surface area contributed by atoms with Gasteiger partial charge in [0, 0.05) is 46.6 Å². The Hall–Kier alpha value is -1.47. The first kappa shape index (κ1) is 29.5. The number of hydrogen-bond donors (Lipinski definition) is 0. The number of anilines is 1. The van der Waals surface area contributed by atoms with E-state index < -0.39 is 11.4 Å². The Morgan fingerprint density at radius 3 is 2.53 bits per heavy atom. The number of halogens is 3. The smallest absolute Gasteiger partial charge is 0.410 e. The van der Waals surface area contributed by atoms with Crippen LogP contribution in [0.25, 0.3) is 10.9 Å². The SMILES string of the molecule is C.CN1CCC[C@H]1COc1nc(N2CCC3(CC2)CN(C(=O)OC(C)(C)C)C3)c2cc(I)c(Br)c(F)c2n1. The summed E-state index contributed by atoms with van der Waals surface area (Å²) in [5, 5.41) is 0.690. The molecule has 5 rings (SSSR count). The standard InChI is InChI=1S/C26H34BrFIN5O3.CH4/c1-25(2,3)37-24(35)34-14-26(15-34)7-10-33(11-8-26)22-17-12-18(29)19(27)20(28)21(17)30-23(31-22)36-13-16-6-5-9-32(16)4;/h12,16H,5-11,13-15H2,1-4H3;1H4/t16-;/m0./s1. The number of aromatic nitrogens is 2. The van der Waals surface area contributed by atoms with Gasteiger partial charge in [-0.1, -0.05) is 7.43 Å². The molecule has 0 aliphatic carbocycles. The predicted molar refractivity (Wildman–Crippen MR) is 159 cm³/mol. The molecule has 11 heteroatoms. The van der Waals surface area contributed by atoms with Crippen molar-refractivity contribution in [3.05, 3.63) is 19.9 Å². The number of ether oxygens (including phenoxy) is 2. The topological polar surface area (TPSA) is 71.0 Å². The average Bonchev–Trinajstić information content (AvgIpc) is 3.23. The molecule has 0 saturated carbocycles. The molecule has 0 bridgehead atoms. The molecule has 1 atom stereocenters. The summed E-state index contributed by atoms with van der Waals surface area (Å²) < 4.78 is 28.1. The van der Waals surface area contributed by atoms with Crippen LogP contribution in [0.15, 0.2) is 10.5 Å². The minimum Gasteiger partial charge on any atom is -0.462 e. The van der Waals surface area contributed by atoms with Crippen LogP contribution in [-0.2, 0) is 4.74 Å². The molecular weight excluding hydrogens is 668 g/mol. The van der Waals surface area contributed by atoms with Crippen molar-refractivity contribution in [3.63, 3.8) is 0 Å². The number of likely N-dealkylation sites (tertiary alicyclic amines) is 2. The van der Waals surface area contributed by atoms with Crippen molar-refractivity contribution in [2.45, 2.75) is 65.5 Å². The molecule has 1 aromatic heterocycles. The fourth-order valence-electron chi connectivity index (χ4n) is 5.53. The van der Waals surface area contributed by atoms with E-state index in [1.165, 1.54) is 0 Å². The lowest BCUT2D eigenvalue weighted by Crippen LogP contribution is -2.62.